The zero-order valence-electron chi connectivity index (χ0n) is 10.7. The highest BCUT2D eigenvalue weighted by Gasteiger charge is 2.36. The van der Waals surface area contributed by atoms with Gasteiger partial charge >= 0.3 is 0 Å². The Labute approximate surface area is 105 Å². The number of rotatable bonds is 3. The van der Waals surface area contributed by atoms with Gasteiger partial charge in [0.05, 0.1) is 17.8 Å². The van der Waals surface area contributed by atoms with E-state index in [0.29, 0.717) is 11.5 Å². The van der Waals surface area contributed by atoms with Gasteiger partial charge in [0.1, 0.15) is 11.9 Å². The van der Waals surface area contributed by atoms with Crippen molar-refractivity contribution in [1.82, 2.24) is 14.7 Å². The van der Waals surface area contributed by atoms with Gasteiger partial charge in [-0.2, -0.15) is 5.10 Å². The summed E-state index contributed by atoms with van der Waals surface area (Å²) in [6.07, 6.45) is 0.875. The topological polar surface area (TPSA) is 93.2 Å². The minimum absolute atomic E-state index is 0.154. The summed E-state index contributed by atoms with van der Waals surface area (Å²) in [6.45, 7) is 1.96. The van der Waals surface area contributed by atoms with Gasteiger partial charge in [-0.05, 0) is 6.42 Å². The van der Waals surface area contributed by atoms with Crippen molar-refractivity contribution in [2.75, 3.05) is 18.1 Å². The number of hydrogen-bond acceptors (Lipinski definition) is 5. The number of hydrogen-bond donors (Lipinski definition) is 2. The fraction of sp³-hybridized carbons (Fsp3) is 0.545. The number of anilines is 2. The van der Waals surface area contributed by atoms with Crippen molar-refractivity contribution < 1.29 is 9.59 Å². The molecule has 1 aromatic heterocycles. The van der Waals surface area contributed by atoms with Crippen LogP contribution in [0, 0.1) is 0 Å². The molecular weight excluding hydrogens is 234 g/mol. The number of likely N-dealkylation sites (N-methyl/N-ethyl adjacent to an activating group) is 1. The van der Waals surface area contributed by atoms with Crippen LogP contribution < -0.4 is 11.1 Å². The molecule has 1 aliphatic heterocycles. The molecular formula is C11H17N5O2. The van der Waals surface area contributed by atoms with Crippen LogP contribution in [0.25, 0.3) is 0 Å². The Balaban J connectivity index is 2.23. The van der Waals surface area contributed by atoms with Crippen LogP contribution in [0.2, 0.25) is 0 Å². The summed E-state index contributed by atoms with van der Waals surface area (Å²) in [4.78, 5) is 24.3. The second-order valence-corrected chi connectivity index (χ2v) is 4.38. The normalized spacial score (nSPS) is 19.7. The standard InChI is InChI=1S/C11H17N5O2/c1-4-6-9(12)10(16(3)14-6)13-7-5-8(17)15(2)11(7)18/h7,13H,4-5,12H2,1-3H3. The van der Waals surface area contributed by atoms with Crippen LogP contribution in [0.15, 0.2) is 0 Å². The number of aromatic nitrogens is 2. The number of nitrogens with one attached hydrogen (secondary N) is 1. The van der Waals surface area contributed by atoms with Gasteiger partial charge < -0.3 is 11.1 Å². The van der Waals surface area contributed by atoms with Crippen molar-refractivity contribution in [1.29, 1.82) is 0 Å². The predicted molar refractivity (Wildman–Crippen MR) is 66.8 cm³/mol. The minimum Gasteiger partial charge on any atom is -0.394 e. The summed E-state index contributed by atoms with van der Waals surface area (Å²) in [5.74, 6) is 0.168. The summed E-state index contributed by atoms with van der Waals surface area (Å²) in [6, 6.07) is -0.551. The Morgan fingerprint density at radius 1 is 1.44 bits per heavy atom. The van der Waals surface area contributed by atoms with Gasteiger partial charge in [0.15, 0.2) is 0 Å². The van der Waals surface area contributed by atoms with Crippen molar-refractivity contribution in [2.24, 2.45) is 7.05 Å². The van der Waals surface area contributed by atoms with Crippen LogP contribution in [0.5, 0.6) is 0 Å². The van der Waals surface area contributed by atoms with Crippen molar-refractivity contribution in [3.8, 4) is 0 Å². The highest BCUT2D eigenvalue weighted by Crippen LogP contribution is 2.25. The SMILES string of the molecule is CCc1nn(C)c(NC2CC(=O)N(C)C2=O)c1N. The monoisotopic (exact) mass is 251 g/mol. The third-order valence-corrected chi connectivity index (χ3v) is 3.19. The van der Waals surface area contributed by atoms with Crippen molar-refractivity contribution in [2.45, 2.75) is 25.8 Å². The van der Waals surface area contributed by atoms with E-state index in [1.807, 2.05) is 6.92 Å². The number of aryl methyl sites for hydroxylation is 2. The molecule has 1 aliphatic rings. The first-order chi connectivity index (χ1) is 8.45. The molecule has 0 spiro atoms. The number of nitrogens with zero attached hydrogens (tertiary/aromatic N) is 3. The second-order valence-electron chi connectivity index (χ2n) is 4.38. The maximum absolute atomic E-state index is 11.8. The molecule has 18 heavy (non-hydrogen) atoms. The fourth-order valence-corrected chi connectivity index (χ4v) is 2.06. The molecule has 0 aromatic carbocycles. The molecule has 1 fully saturated rings. The smallest absolute Gasteiger partial charge is 0.251 e. The van der Waals surface area contributed by atoms with Gasteiger partial charge in [0, 0.05) is 14.1 Å². The van der Waals surface area contributed by atoms with Gasteiger partial charge in [-0.3, -0.25) is 19.2 Å². The van der Waals surface area contributed by atoms with E-state index >= 15 is 0 Å². The van der Waals surface area contributed by atoms with E-state index in [1.165, 1.54) is 7.05 Å². The molecule has 2 heterocycles. The Kier molecular flexibility index (Phi) is 2.98. The number of nitrogen functional groups attached to an aromatic ring is 1. The summed E-state index contributed by atoms with van der Waals surface area (Å²) in [5.41, 5.74) is 7.27. The summed E-state index contributed by atoms with van der Waals surface area (Å²) < 4.78 is 1.60. The number of carbonyl (C=O) groups is 2. The lowest BCUT2D eigenvalue weighted by atomic mass is 10.2. The first-order valence-corrected chi connectivity index (χ1v) is 5.84. The predicted octanol–water partition coefficient (Wildman–Crippen LogP) is -0.266. The zero-order valence-corrected chi connectivity index (χ0v) is 10.7. The van der Waals surface area contributed by atoms with E-state index in [9.17, 15) is 9.59 Å². The quantitative estimate of drug-likeness (QED) is 0.721. The number of imide groups is 1. The lowest BCUT2D eigenvalue weighted by molar-refractivity contribution is -0.136. The molecule has 0 bridgehead atoms. The van der Waals surface area contributed by atoms with E-state index in [-0.39, 0.29) is 18.2 Å². The number of nitrogens with two attached hydrogens (primary N) is 1. The first-order valence-electron chi connectivity index (χ1n) is 5.84. The highest BCUT2D eigenvalue weighted by molar-refractivity contribution is 6.06. The Bertz CT molecular complexity index is 508. The minimum atomic E-state index is -0.551. The molecule has 1 aromatic rings. The maximum Gasteiger partial charge on any atom is 0.251 e. The summed E-state index contributed by atoms with van der Waals surface area (Å²) in [5, 5.41) is 7.26. The van der Waals surface area contributed by atoms with E-state index in [0.717, 1.165) is 17.0 Å². The van der Waals surface area contributed by atoms with Gasteiger partial charge in [-0.15, -0.1) is 0 Å². The van der Waals surface area contributed by atoms with Crippen LogP contribution in [0.4, 0.5) is 11.5 Å². The number of amides is 2. The molecule has 7 nitrogen and oxygen atoms in total. The van der Waals surface area contributed by atoms with Crippen LogP contribution in [0.3, 0.4) is 0 Å². The van der Waals surface area contributed by atoms with E-state index in [4.69, 9.17) is 5.73 Å². The van der Waals surface area contributed by atoms with Gasteiger partial charge in [-0.1, -0.05) is 6.92 Å². The first kappa shape index (κ1) is 12.4. The molecule has 7 heteroatoms. The van der Waals surface area contributed by atoms with Crippen LogP contribution in [0.1, 0.15) is 19.0 Å². The molecule has 0 radical (unpaired) electrons. The van der Waals surface area contributed by atoms with Crippen molar-refractivity contribution in [3.63, 3.8) is 0 Å². The third kappa shape index (κ3) is 1.81. The average molecular weight is 251 g/mol. The molecule has 3 N–H and O–H groups in total. The average Bonchev–Trinajstić information content (AvgIpc) is 2.74. The third-order valence-electron chi connectivity index (χ3n) is 3.19. The van der Waals surface area contributed by atoms with Crippen LogP contribution >= 0.6 is 0 Å². The van der Waals surface area contributed by atoms with Crippen LogP contribution in [-0.2, 0) is 23.1 Å². The highest BCUT2D eigenvalue weighted by atomic mass is 16.2. The van der Waals surface area contributed by atoms with E-state index in [1.54, 1.807) is 11.7 Å². The molecule has 0 saturated carbocycles. The lowest BCUT2D eigenvalue weighted by Gasteiger charge is -2.13. The van der Waals surface area contributed by atoms with Crippen LogP contribution in [-0.4, -0.2) is 39.6 Å². The van der Waals surface area contributed by atoms with E-state index in [2.05, 4.69) is 10.4 Å². The second kappa shape index (κ2) is 4.32. The van der Waals surface area contributed by atoms with Gasteiger partial charge in [-0.25, -0.2) is 0 Å². The molecule has 98 valence electrons. The Morgan fingerprint density at radius 3 is 2.56 bits per heavy atom. The molecule has 2 rings (SSSR count). The van der Waals surface area contributed by atoms with Gasteiger partial charge in [0.25, 0.3) is 5.91 Å². The largest absolute Gasteiger partial charge is 0.394 e. The maximum atomic E-state index is 11.8. The van der Waals surface area contributed by atoms with Crippen molar-refractivity contribution in [3.05, 3.63) is 5.69 Å². The van der Waals surface area contributed by atoms with Gasteiger partial charge in [0.2, 0.25) is 5.91 Å². The molecule has 0 aliphatic carbocycles. The summed E-state index contributed by atoms with van der Waals surface area (Å²) in [7, 11) is 3.24. The van der Waals surface area contributed by atoms with Crippen molar-refractivity contribution >= 4 is 23.3 Å². The van der Waals surface area contributed by atoms with E-state index < -0.39 is 6.04 Å². The Hall–Kier alpha value is -2.05. The molecule has 1 atom stereocenters. The molecule has 1 saturated heterocycles. The lowest BCUT2D eigenvalue weighted by Crippen LogP contribution is -2.32. The number of likely N-dealkylation sites (tertiary alicyclic amines) is 1. The summed E-state index contributed by atoms with van der Waals surface area (Å²) >= 11 is 0. The molecule has 1 unspecified atom stereocenters. The fourth-order valence-electron chi connectivity index (χ4n) is 2.06. The Morgan fingerprint density at radius 2 is 2.11 bits per heavy atom. The zero-order chi connectivity index (χ0) is 13.4. The molecule has 2 amide bonds. The number of carbonyl (C=O) groups excluding carboxylic acids is 2.